The molecule has 28 heavy (non-hydrogen) atoms. The molecular weight excluding hydrogens is 380 g/mol. The summed E-state index contributed by atoms with van der Waals surface area (Å²) in [6, 6.07) is 11.2. The molecule has 1 aromatic heterocycles. The monoisotopic (exact) mass is 398 g/mol. The first-order valence-electron chi connectivity index (χ1n) is 8.47. The fraction of sp³-hybridized carbons (Fsp3) is 0.200. The highest BCUT2D eigenvalue weighted by molar-refractivity contribution is 7.14. The Bertz CT molecular complexity index is 1020. The van der Waals surface area contributed by atoms with Crippen LogP contribution in [0.4, 0.5) is 5.13 Å². The van der Waals surface area contributed by atoms with Crippen molar-refractivity contribution in [2.75, 3.05) is 26.6 Å². The number of carbonyl (C=O) groups is 1. The fourth-order valence-electron chi connectivity index (χ4n) is 3.05. The van der Waals surface area contributed by atoms with Crippen LogP contribution in [0.15, 0.2) is 41.8 Å². The normalized spacial score (nSPS) is 15.0. The van der Waals surface area contributed by atoms with E-state index in [4.69, 9.17) is 18.9 Å². The Balaban J connectivity index is 1.58. The van der Waals surface area contributed by atoms with Crippen LogP contribution in [0.1, 0.15) is 22.1 Å². The molecular formula is C20H18N2O5S. The SMILES string of the molecule is COc1ccc(-c2csc(N[C@H]3OC(=O)c4c3ccc(OC)c4OC)n2)cc1. The van der Waals surface area contributed by atoms with Crippen LogP contribution in [0.5, 0.6) is 17.2 Å². The first-order valence-corrected chi connectivity index (χ1v) is 9.35. The van der Waals surface area contributed by atoms with Gasteiger partial charge in [0.2, 0.25) is 6.23 Å². The van der Waals surface area contributed by atoms with Crippen molar-refractivity contribution in [2.24, 2.45) is 0 Å². The van der Waals surface area contributed by atoms with Gasteiger partial charge >= 0.3 is 5.97 Å². The number of cyclic esters (lactones) is 1. The second-order valence-electron chi connectivity index (χ2n) is 5.96. The quantitative estimate of drug-likeness (QED) is 0.626. The third-order valence-corrected chi connectivity index (χ3v) is 5.21. The smallest absolute Gasteiger partial charge is 0.344 e. The van der Waals surface area contributed by atoms with Crippen molar-refractivity contribution in [3.8, 4) is 28.5 Å². The van der Waals surface area contributed by atoms with Crippen molar-refractivity contribution in [1.29, 1.82) is 0 Å². The molecule has 1 atom stereocenters. The van der Waals surface area contributed by atoms with E-state index in [1.165, 1.54) is 25.6 Å². The second-order valence-corrected chi connectivity index (χ2v) is 6.82. The van der Waals surface area contributed by atoms with Gasteiger partial charge in [0.1, 0.15) is 11.3 Å². The Kier molecular flexibility index (Phi) is 4.79. The molecule has 0 unspecified atom stereocenters. The lowest BCUT2D eigenvalue weighted by molar-refractivity contribution is 0.0435. The Morgan fingerprint density at radius 1 is 1.04 bits per heavy atom. The molecule has 0 saturated carbocycles. The summed E-state index contributed by atoms with van der Waals surface area (Å²) in [4.78, 5) is 17.0. The van der Waals surface area contributed by atoms with E-state index in [1.54, 1.807) is 19.2 Å². The number of carbonyl (C=O) groups excluding carboxylic acids is 1. The number of aromatic nitrogens is 1. The largest absolute Gasteiger partial charge is 0.497 e. The number of esters is 1. The minimum atomic E-state index is -0.642. The van der Waals surface area contributed by atoms with Crippen LogP contribution in [0.3, 0.4) is 0 Å². The molecule has 7 nitrogen and oxygen atoms in total. The van der Waals surface area contributed by atoms with Gasteiger partial charge in [-0.3, -0.25) is 0 Å². The van der Waals surface area contributed by atoms with Crippen LogP contribution < -0.4 is 19.5 Å². The number of ether oxygens (including phenoxy) is 4. The second kappa shape index (κ2) is 7.40. The summed E-state index contributed by atoms with van der Waals surface area (Å²) in [7, 11) is 4.65. The summed E-state index contributed by atoms with van der Waals surface area (Å²) in [6.45, 7) is 0. The van der Waals surface area contributed by atoms with Crippen molar-refractivity contribution in [3.63, 3.8) is 0 Å². The van der Waals surface area contributed by atoms with Crippen molar-refractivity contribution in [1.82, 2.24) is 4.98 Å². The lowest BCUT2D eigenvalue weighted by atomic mass is 10.1. The molecule has 0 amide bonds. The third kappa shape index (κ3) is 3.11. The maximum atomic E-state index is 12.4. The summed E-state index contributed by atoms with van der Waals surface area (Å²) in [5, 5.41) is 5.76. The maximum Gasteiger partial charge on any atom is 0.344 e. The average molecular weight is 398 g/mol. The number of thiazole rings is 1. The standard InChI is InChI=1S/C20H18N2O5S/c1-24-12-6-4-11(5-7-12)14-10-28-20(21-14)22-18-13-8-9-15(25-2)17(26-3)16(13)19(23)27-18/h4-10,18H,1-3H3,(H,21,22)/t18-/m0/s1. The number of hydrogen-bond donors (Lipinski definition) is 1. The van der Waals surface area contributed by atoms with E-state index in [0.717, 1.165) is 17.0 Å². The van der Waals surface area contributed by atoms with E-state index in [0.29, 0.717) is 27.8 Å². The number of rotatable bonds is 6. The van der Waals surface area contributed by atoms with Crippen molar-refractivity contribution >= 4 is 22.4 Å². The Hall–Kier alpha value is -3.26. The summed E-state index contributed by atoms with van der Waals surface area (Å²) in [5.74, 6) is 1.17. The number of hydrogen-bond acceptors (Lipinski definition) is 8. The molecule has 0 saturated heterocycles. The first-order chi connectivity index (χ1) is 13.6. The minimum absolute atomic E-state index is 0.367. The van der Waals surface area contributed by atoms with E-state index in [1.807, 2.05) is 29.6 Å². The third-order valence-electron chi connectivity index (χ3n) is 4.43. The van der Waals surface area contributed by atoms with E-state index < -0.39 is 12.2 Å². The Labute approximate surface area is 165 Å². The highest BCUT2D eigenvalue weighted by atomic mass is 32.1. The molecule has 0 aliphatic carbocycles. The van der Waals surface area contributed by atoms with Gasteiger partial charge in [-0.25, -0.2) is 9.78 Å². The van der Waals surface area contributed by atoms with Gasteiger partial charge in [-0.15, -0.1) is 11.3 Å². The van der Waals surface area contributed by atoms with Gasteiger partial charge in [0.15, 0.2) is 16.6 Å². The van der Waals surface area contributed by atoms with Crippen LogP contribution in [0.25, 0.3) is 11.3 Å². The van der Waals surface area contributed by atoms with E-state index in [9.17, 15) is 4.79 Å². The van der Waals surface area contributed by atoms with Crippen LogP contribution in [-0.2, 0) is 4.74 Å². The zero-order valence-electron chi connectivity index (χ0n) is 15.5. The van der Waals surface area contributed by atoms with Gasteiger partial charge in [-0.05, 0) is 36.4 Å². The highest BCUT2D eigenvalue weighted by Gasteiger charge is 2.36. The molecule has 144 valence electrons. The summed E-state index contributed by atoms with van der Waals surface area (Å²) < 4.78 is 21.3. The molecule has 2 aromatic carbocycles. The molecule has 0 bridgehead atoms. The number of methoxy groups -OCH3 is 3. The van der Waals surface area contributed by atoms with Crippen LogP contribution in [0, 0.1) is 0 Å². The van der Waals surface area contributed by atoms with Crippen LogP contribution in [0.2, 0.25) is 0 Å². The molecule has 0 fully saturated rings. The minimum Gasteiger partial charge on any atom is -0.497 e. The number of anilines is 1. The average Bonchev–Trinajstić information content (AvgIpc) is 3.32. The molecule has 0 radical (unpaired) electrons. The highest BCUT2D eigenvalue weighted by Crippen LogP contribution is 2.42. The fourth-order valence-corrected chi connectivity index (χ4v) is 3.79. The van der Waals surface area contributed by atoms with Gasteiger partial charge in [0.25, 0.3) is 0 Å². The van der Waals surface area contributed by atoms with Gasteiger partial charge in [-0.2, -0.15) is 0 Å². The summed E-state index contributed by atoms with van der Waals surface area (Å²) in [5.41, 5.74) is 2.85. The van der Waals surface area contributed by atoms with Crippen molar-refractivity contribution < 1.29 is 23.7 Å². The molecule has 1 aliphatic heterocycles. The van der Waals surface area contributed by atoms with Gasteiger partial charge in [0, 0.05) is 16.5 Å². The Morgan fingerprint density at radius 2 is 1.82 bits per heavy atom. The van der Waals surface area contributed by atoms with Gasteiger partial charge in [0.05, 0.1) is 27.0 Å². The number of nitrogens with one attached hydrogen (secondary N) is 1. The van der Waals surface area contributed by atoms with E-state index in [-0.39, 0.29) is 0 Å². The lowest BCUT2D eigenvalue weighted by Gasteiger charge is -2.13. The van der Waals surface area contributed by atoms with Crippen LogP contribution in [-0.4, -0.2) is 32.3 Å². The predicted molar refractivity (Wildman–Crippen MR) is 105 cm³/mol. The van der Waals surface area contributed by atoms with Crippen molar-refractivity contribution in [3.05, 3.63) is 52.9 Å². The first kappa shape index (κ1) is 18.1. The van der Waals surface area contributed by atoms with Gasteiger partial charge < -0.3 is 24.3 Å². The molecule has 3 aromatic rings. The number of benzene rings is 2. The Morgan fingerprint density at radius 3 is 2.50 bits per heavy atom. The zero-order valence-corrected chi connectivity index (χ0v) is 16.3. The number of nitrogens with zero attached hydrogens (tertiary/aromatic N) is 1. The molecule has 1 N–H and O–H groups in total. The molecule has 0 spiro atoms. The van der Waals surface area contributed by atoms with E-state index in [2.05, 4.69) is 10.3 Å². The topological polar surface area (TPSA) is 78.9 Å². The molecule has 2 heterocycles. The summed E-state index contributed by atoms with van der Waals surface area (Å²) >= 11 is 1.43. The lowest BCUT2D eigenvalue weighted by Crippen LogP contribution is -2.10. The zero-order chi connectivity index (χ0) is 19.7. The van der Waals surface area contributed by atoms with Crippen LogP contribution >= 0.6 is 11.3 Å². The molecule has 8 heteroatoms. The van der Waals surface area contributed by atoms with Crippen molar-refractivity contribution in [2.45, 2.75) is 6.23 Å². The number of fused-ring (bicyclic) bond motifs is 1. The molecule has 4 rings (SSSR count). The van der Waals surface area contributed by atoms with E-state index >= 15 is 0 Å². The summed E-state index contributed by atoms with van der Waals surface area (Å²) in [6.07, 6.45) is -0.642. The maximum absolute atomic E-state index is 12.4. The molecule has 1 aliphatic rings. The van der Waals surface area contributed by atoms with Gasteiger partial charge in [-0.1, -0.05) is 0 Å². The predicted octanol–water partition coefficient (Wildman–Crippen LogP) is 4.12.